The number of carboxylic acid groups (broad SMARTS) is 1. The summed E-state index contributed by atoms with van der Waals surface area (Å²) in [6.07, 6.45) is 0.379. The lowest BCUT2D eigenvalue weighted by molar-refractivity contribution is -0.146. The van der Waals surface area contributed by atoms with E-state index in [1.54, 1.807) is 4.90 Å². The Hall–Kier alpha value is -2.88. The minimum atomic E-state index is -1.06. The van der Waals surface area contributed by atoms with Gasteiger partial charge in [-0.2, -0.15) is 0 Å². The average Bonchev–Trinajstić information content (AvgIpc) is 3.16. The van der Waals surface area contributed by atoms with Crippen LogP contribution in [0, 0.1) is 17.6 Å². The Morgan fingerprint density at radius 3 is 2.79 bits per heavy atom. The first kappa shape index (κ1) is 20.8. The number of alkyl halides is 1. The van der Waals surface area contributed by atoms with Crippen molar-refractivity contribution in [3.05, 3.63) is 41.6 Å². The molecule has 2 atom stereocenters. The van der Waals surface area contributed by atoms with E-state index < -0.39 is 42.3 Å². The van der Waals surface area contributed by atoms with Crippen LogP contribution in [-0.2, 0) is 4.79 Å². The summed E-state index contributed by atoms with van der Waals surface area (Å²) in [4.78, 5) is 25.9. The second-order valence-electron chi connectivity index (χ2n) is 6.78. The lowest BCUT2D eigenvalue weighted by Gasteiger charge is -2.39. The molecule has 0 aliphatic carbocycles. The number of amides is 1. The SMILES string of the molecule is O=C(NC1[C@@H](C(=O)O)CCCN1CCCF)c1cc(-c2ccc(F)cc2F)on1. The summed E-state index contributed by atoms with van der Waals surface area (Å²) in [7, 11) is 0. The first-order chi connectivity index (χ1) is 13.9. The molecule has 0 saturated carbocycles. The number of rotatable bonds is 7. The van der Waals surface area contributed by atoms with E-state index in [1.807, 2.05) is 0 Å². The molecule has 10 heteroatoms. The number of hydrogen-bond acceptors (Lipinski definition) is 5. The van der Waals surface area contributed by atoms with E-state index in [2.05, 4.69) is 10.5 Å². The van der Waals surface area contributed by atoms with Crippen LogP contribution in [0.25, 0.3) is 11.3 Å². The normalized spacial score (nSPS) is 19.8. The molecule has 1 aliphatic rings. The van der Waals surface area contributed by atoms with E-state index in [1.165, 1.54) is 6.07 Å². The summed E-state index contributed by atoms with van der Waals surface area (Å²) in [6, 6.07) is 4.08. The highest BCUT2D eigenvalue weighted by Gasteiger charge is 2.37. The molecule has 1 amide bonds. The van der Waals surface area contributed by atoms with Crippen molar-refractivity contribution in [3.63, 3.8) is 0 Å². The van der Waals surface area contributed by atoms with Crippen LogP contribution >= 0.6 is 0 Å². The monoisotopic (exact) mass is 411 g/mol. The Balaban J connectivity index is 1.78. The number of halogens is 3. The number of likely N-dealkylation sites (tertiary alicyclic amines) is 1. The number of hydrogen-bond donors (Lipinski definition) is 2. The quantitative estimate of drug-likeness (QED) is 0.728. The van der Waals surface area contributed by atoms with Gasteiger partial charge in [0.25, 0.3) is 5.91 Å². The zero-order valence-corrected chi connectivity index (χ0v) is 15.4. The van der Waals surface area contributed by atoms with Gasteiger partial charge in [0, 0.05) is 25.2 Å². The Morgan fingerprint density at radius 1 is 1.31 bits per heavy atom. The molecule has 1 aromatic carbocycles. The Bertz CT molecular complexity index is 889. The maximum atomic E-state index is 13.9. The Kier molecular flexibility index (Phi) is 6.53. The number of carboxylic acids is 1. The van der Waals surface area contributed by atoms with Gasteiger partial charge in [-0.05, 0) is 31.4 Å². The third-order valence-corrected chi connectivity index (χ3v) is 4.85. The molecule has 2 N–H and O–H groups in total. The summed E-state index contributed by atoms with van der Waals surface area (Å²) >= 11 is 0. The predicted octanol–water partition coefficient (Wildman–Crippen LogP) is 2.83. The van der Waals surface area contributed by atoms with Crippen LogP contribution < -0.4 is 5.32 Å². The molecule has 0 bridgehead atoms. The lowest BCUT2D eigenvalue weighted by Crippen LogP contribution is -2.57. The van der Waals surface area contributed by atoms with Gasteiger partial charge < -0.3 is 14.9 Å². The van der Waals surface area contributed by atoms with Gasteiger partial charge in [-0.25, -0.2) is 8.78 Å². The summed E-state index contributed by atoms with van der Waals surface area (Å²) in [5.74, 6) is -4.31. The molecule has 1 aromatic heterocycles. The standard InChI is InChI=1S/C19H20F3N3O4/c20-6-2-8-25-7-1-3-13(19(27)28)17(25)23-18(26)15-10-16(29-24-15)12-5-4-11(21)9-14(12)22/h4-5,9-10,13,17H,1-3,6-8H2,(H,23,26)(H,27,28)/t13-,17?/m0/s1. The van der Waals surface area contributed by atoms with Crippen LogP contribution in [0.2, 0.25) is 0 Å². The highest BCUT2D eigenvalue weighted by Crippen LogP contribution is 2.26. The zero-order valence-electron chi connectivity index (χ0n) is 15.4. The zero-order chi connectivity index (χ0) is 21.0. The van der Waals surface area contributed by atoms with E-state index >= 15 is 0 Å². The molecule has 7 nitrogen and oxygen atoms in total. The number of nitrogens with zero attached hydrogens (tertiary/aromatic N) is 2. The largest absolute Gasteiger partial charge is 0.481 e. The number of carbonyl (C=O) groups is 2. The van der Waals surface area contributed by atoms with Gasteiger partial charge >= 0.3 is 5.97 Å². The fourth-order valence-electron chi connectivity index (χ4n) is 3.44. The van der Waals surface area contributed by atoms with Crippen LogP contribution in [0.4, 0.5) is 13.2 Å². The molecule has 2 aromatic rings. The molecule has 29 heavy (non-hydrogen) atoms. The van der Waals surface area contributed by atoms with Gasteiger partial charge in [-0.1, -0.05) is 5.16 Å². The second-order valence-corrected chi connectivity index (χ2v) is 6.78. The smallest absolute Gasteiger partial charge is 0.309 e. The molecule has 2 heterocycles. The number of aromatic nitrogens is 1. The van der Waals surface area contributed by atoms with Gasteiger partial charge in [-0.15, -0.1) is 0 Å². The van der Waals surface area contributed by atoms with Crippen LogP contribution in [0.15, 0.2) is 28.8 Å². The van der Waals surface area contributed by atoms with Crippen LogP contribution in [-0.4, -0.2) is 53.0 Å². The average molecular weight is 411 g/mol. The molecule has 1 saturated heterocycles. The highest BCUT2D eigenvalue weighted by molar-refractivity contribution is 5.93. The summed E-state index contributed by atoms with van der Waals surface area (Å²) in [6.45, 7) is 0.278. The molecular formula is C19H20F3N3O4. The second kappa shape index (κ2) is 9.08. The first-order valence-electron chi connectivity index (χ1n) is 9.16. The first-order valence-corrected chi connectivity index (χ1v) is 9.16. The molecule has 1 unspecified atom stereocenters. The number of piperidine rings is 1. The van der Waals surface area contributed by atoms with Crippen molar-refractivity contribution in [2.75, 3.05) is 19.8 Å². The summed E-state index contributed by atoms with van der Waals surface area (Å²) in [5.41, 5.74) is -0.243. The summed E-state index contributed by atoms with van der Waals surface area (Å²) < 4.78 is 44.5. The predicted molar refractivity (Wildman–Crippen MR) is 95.6 cm³/mol. The highest BCUT2D eigenvalue weighted by atomic mass is 19.1. The van der Waals surface area contributed by atoms with E-state index in [-0.39, 0.29) is 23.4 Å². The van der Waals surface area contributed by atoms with E-state index in [9.17, 15) is 27.9 Å². The molecule has 1 fully saturated rings. The molecule has 156 valence electrons. The number of benzene rings is 1. The molecular weight excluding hydrogens is 391 g/mol. The Labute approximate surface area is 164 Å². The Morgan fingerprint density at radius 2 is 2.10 bits per heavy atom. The van der Waals surface area contributed by atoms with E-state index in [0.29, 0.717) is 32.0 Å². The fourth-order valence-corrected chi connectivity index (χ4v) is 3.44. The maximum Gasteiger partial charge on any atom is 0.309 e. The number of carbonyl (C=O) groups excluding carboxylic acids is 1. The molecule has 3 rings (SSSR count). The van der Waals surface area contributed by atoms with Crippen molar-refractivity contribution in [2.24, 2.45) is 5.92 Å². The van der Waals surface area contributed by atoms with Crippen LogP contribution in [0.1, 0.15) is 29.8 Å². The van der Waals surface area contributed by atoms with Crippen LogP contribution in [0.5, 0.6) is 0 Å². The minimum Gasteiger partial charge on any atom is -0.481 e. The van der Waals surface area contributed by atoms with Crippen molar-refractivity contribution in [3.8, 4) is 11.3 Å². The van der Waals surface area contributed by atoms with Crippen molar-refractivity contribution in [1.29, 1.82) is 0 Å². The van der Waals surface area contributed by atoms with Crippen molar-refractivity contribution >= 4 is 11.9 Å². The third kappa shape index (κ3) is 4.76. The van der Waals surface area contributed by atoms with Gasteiger partial charge in [0.15, 0.2) is 11.5 Å². The van der Waals surface area contributed by atoms with Crippen molar-refractivity contribution in [1.82, 2.24) is 15.4 Å². The number of aliphatic carboxylic acids is 1. The lowest BCUT2D eigenvalue weighted by atomic mass is 9.93. The van der Waals surface area contributed by atoms with Gasteiger partial charge in [0.2, 0.25) is 0 Å². The molecule has 1 aliphatic heterocycles. The minimum absolute atomic E-state index is 0.0661. The van der Waals surface area contributed by atoms with Crippen molar-refractivity contribution in [2.45, 2.75) is 25.4 Å². The fraction of sp³-hybridized carbons (Fsp3) is 0.421. The van der Waals surface area contributed by atoms with Gasteiger partial charge in [0.1, 0.15) is 11.6 Å². The van der Waals surface area contributed by atoms with Crippen LogP contribution in [0.3, 0.4) is 0 Å². The topological polar surface area (TPSA) is 95.7 Å². The maximum absolute atomic E-state index is 13.9. The van der Waals surface area contributed by atoms with Gasteiger partial charge in [-0.3, -0.25) is 18.9 Å². The molecule has 0 spiro atoms. The molecule has 0 radical (unpaired) electrons. The van der Waals surface area contributed by atoms with Crippen molar-refractivity contribution < 1.29 is 32.4 Å². The van der Waals surface area contributed by atoms with Gasteiger partial charge in [0.05, 0.1) is 24.3 Å². The number of nitrogens with one attached hydrogen (secondary N) is 1. The summed E-state index contributed by atoms with van der Waals surface area (Å²) in [5, 5.41) is 15.7. The third-order valence-electron chi connectivity index (χ3n) is 4.85. The van der Waals surface area contributed by atoms with E-state index in [0.717, 1.165) is 12.1 Å². The van der Waals surface area contributed by atoms with E-state index in [4.69, 9.17) is 4.52 Å².